The van der Waals surface area contributed by atoms with Crippen molar-refractivity contribution in [3.63, 3.8) is 0 Å². The molecule has 1 heterocycles. The van der Waals surface area contributed by atoms with Gasteiger partial charge in [-0.2, -0.15) is 11.8 Å². The van der Waals surface area contributed by atoms with Crippen molar-refractivity contribution < 1.29 is 0 Å². The Morgan fingerprint density at radius 2 is 1.94 bits per heavy atom. The molecule has 1 aromatic carbocycles. The van der Waals surface area contributed by atoms with E-state index < -0.39 is 0 Å². The zero-order chi connectivity index (χ0) is 11.4. The molecule has 2 unspecified atom stereocenters. The summed E-state index contributed by atoms with van der Waals surface area (Å²) >= 11 is 2.08. The Bertz CT molecular complexity index is 312. The van der Waals surface area contributed by atoms with Gasteiger partial charge in [0.25, 0.3) is 0 Å². The number of rotatable bonds is 2. The van der Waals surface area contributed by atoms with Gasteiger partial charge in [-0.15, -0.1) is 0 Å². The molecule has 1 aromatic rings. The van der Waals surface area contributed by atoms with Crippen molar-refractivity contribution in [1.82, 2.24) is 0 Å². The lowest BCUT2D eigenvalue weighted by molar-refractivity contribution is 0.394. The second kappa shape index (κ2) is 5.74. The van der Waals surface area contributed by atoms with Crippen LogP contribution in [0.1, 0.15) is 36.4 Å². The van der Waals surface area contributed by atoms with Gasteiger partial charge >= 0.3 is 0 Å². The molecule has 2 atom stereocenters. The van der Waals surface area contributed by atoms with Gasteiger partial charge in [0, 0.05) is 6.04 Å². The lowest BCUT2D eigenvalue weighted by Crippen LogP contribution is -2.21. The van der Waals surface area contributed by atoms with Gasteiger partial charge in [0.2, 0.25) is 0 Å². The van der Waals surface area contributed by atoms with Crippen LogP contribution >= 0.6 is 11.8 Å². The summed E-state index contributed by atoms with van der Waals surface area (Å²) in [5.74, 6) is 3.28. The molecule has 1 saturated heterocycles. The van der Waals surface area contributed by atoms with Crippen molar-refractivity contribution in [2.24, 2.45) is 11.7 Å². The fourth-order valence-corrected chi connectivity index (χ4v) is 3.39. The molecule has 1 aliphatic heterocycles. The van der Waals surface area contributed by atoms with Crippen LogP contribution < -0.4 is 5.73 Å². The normalized spacial score (nSPS) is 23.8. The van der Waals surface area contributed by atoms with Crippen LogP contribution in [0.3, 0.4) is 0 Å². The van der Waals surface area contributed by atoms with E-state index in [1.807, 2.05) is 0 Å². The number of aryl methyl sites for hydroxylation is 1. The molecular weight excluding hydrogens is 214 g/mol. The maximum Gasteiger partial charge on any atom is 0.0323 e. The second-order valence-corrected chi connectivity index (χ2v) is 5.96. The summed E-state index contributed by atoms with van der Waals surface area (Å²) in [7, 11) is 0. The summed E-state index contributed by atoms with van der Waals surface area (Å²) in [5.41, 5.74) is 9.00. The van der Waals surface area contributed by atoms with Crippen molar-refractivity contribution in [3.05, 3.63) is 35.4 Å². The third-order valence-electron chi connectivity index (χ3n) is 3.47. The van der Waals surface area contributed by atoms with Crippen molar-refractivity contribution in [2.45, 2.75) is 32.2 Å². The topological polar surface area (TPSA) is 26.0 Å². The van der Waals surface area contributed by atoms with Crippen LogP contribution in [0, 0.1) is 12.8 Å². The average Bonchev–Trinajstić information content (AvgIpc) is 2.57. The number of thioether (sulfide) groups is 1. The van der Waals surface area contributed by atoms with E-state index in [0.29, 0.717) is 5.92 Å². The Kier molecular flexibility index (Phi) is 4.30. The molecule has 1 aliphatic rings. The standard InChI is InChI=1S/C14H21NS/c1-11-4-6-13(7-5-11)14(15)12-3-2-9-16-10-8-12/h4-7,12,14H,2-3,8-10,15H2,1H3. The molecule has 1 fully saturated rings. The molecule has 16 heavy (non-hydrogen) atoms. The lowest BCUT2D eigenvalue weighted by atomic mass is 9.88. The molecule has 2 rings (SSSR count). The fraction of sp³-hybridized carbons (Fsp3) is 0.571. The van der Waals surface area contributed by atoms with Crippen LogP contribution in [0.2, 0.25) is 0 Å². The highest BCUT2D eigenvalue weighted by Gasteiger charge is 2.20. The number of hydrogen-bond acceptors (Lipinski definition) is 2. The Hall–Kier alpha value is -0.470. The lowest BCUT2D eigenvalue weighted by Gasteiger charge is -2.22. The summed E-state index contributed by atoms with van der Waals surface area (Å²) in [5, 5.41) is 0. The molecule has 0 spiro atoms. The third kappa shape index (κ3) is 3.02. The first kappa shape index (κ1) is 12.0. The van der Waals surface area contributed by atoms with Gasteiger partial charge in [0.15, 0.2) is 0 Å². The smallest absolute Gasteiger partial charge is 0.0323 e. The zero-order valence-corrected chi connectivity index (χ0v) is 10.8. The molecule has 0 amide bonds. The summed E-state index contributed by atoms with van der Waals surface area (Å²) in [6.07, 6.45) is 3.90. The van der Waals surface area contributed by atoms with E-state index in [1.165, 1.54) is 41.9 Å². The van der Waals surface area contributed by atoms with Gasteiger partial charge in [-0.3, -0.25) is 0 Å². The predicted molar refractivity (Wildman–Crippen MR) is 72.8 cm³/mol. The molecule has 2 heteroatoms. The molecule has 0 radical (unpaired) electrons. The van der Waals surface area contributed by atoms with Crippen molar-refractivity contribution in [3.8, 4) is 0 Å². The van der Waals surface area contributed by atoms with Crippen LogP contribution in [0.5, 0.6) is 0 Å². The first-order chi connectivity index (χ1) is 7.77. The predicted octanol–water partition coefficient (Wildman–Crippen LogP) is 3.53. The molecule has 0 aliphatic carbocycles. The highest BCUT2D eigenvalue weighted by Crippen LogP contribution is 2.31. The molecule has 0 saturated carbocycles. The maximum atomic E-state index is 6.38. The van der Waals surface area contributed by atoms with E-state index in [2.05, 4.69) is 43.0 Å². The van der Waals surface area contributed by atoms with Crippen molar-refractivity contribution in [1.29, 1.82) is 0 Å². The molecule has 1 nitrogen and oxygen atoms in total. The summed E-state index contributed by atoms with van der Waals surface area (Å²) in [6, 6.07) is 8.96. The van der Waals surface area contributed by atoms with Gasteiger partial charge in [0.05, 0.1) is 0 Å². The van der Waals surface area contributed by atoms with Crippen molar-refractivity contribution >= 4 is 11.8 Å². The van der Waals surface area contributed by atoms with Crippen LogP contribution in [-0.2, 0) is 0 Å². The van der Waals surface area contributed by atoms with Crippen molar-refractivity contribution in [2.75, 3.05) is 11.5 Å². The Morgan fingerprint density at radius 1 is 1.19 bits per heavy atom. The Labute approximate surface area is 103 Å². The van der Waals surface area contributed by atoms with E-state index >= 15 is 0 Å². The summed E-state index contributed by atoms with van der Waals surface area (Å²) in [6.45, 7) is 2.12. The van der Waals surface area contributed by atoms with Crippen LogP contribution in [0.15, 0.2) is 24.3 Å². The number of hydrogen-bond donors (Lipinski definition) is 1. The largest absolute Gasteiger partial charge is 0.324 e. The quantitative estimate of drug-likeness (QED) is 0.848. The van der Waals surface area contributed by atoms with E-state index in [0.717, 1.165) is 0 Å². The first-order valence-electron chi connectivity index (χ1n) is 6.17. The van der Waals surface area contributed by atoms with E-state index in [9.17, 15) is 0 Å². The van der Waals surface area contributed by atoms with E-state index in [1.54, 1.807) is 0 Å². The second-order valence-electron chi connectivity index (χ2n) is 4.74. The maximum absolute atomic E-state index is 6.38. The molecule has 88 valence electrons. The van der Waals surface area contributed by atoms with Gasteiger partial charge in [-0.25, -0.2) is 0 Å². The Balaban J connectivity index is 2.04. The fourth-order valence-electron chi connectivity index (χ4n) is 2.35. The van der Waals surface area contributed by atoms with E-state index in [4.69, 9.17) is 5.73 Å². The van der Waals surface area contributed by atoms with Gasteiger partial charge in [-0.1, -0.05) is 29.8 Å². The molecular formula is C14H21NS. The number of nitrogens with two attached hydrogens (primary N) is 1. The van der Waals surface area contributed by atoms with Gasteiger partial charge in [0.1, 0.15) is 0 Å². The third-order valence-corrected chi connectivity index (χ3v) is 4.57. The van der Waals surface area contributed by atoms with Crippen LogP contribution in [0.25, 0.3) is 0 Å². The monoisotopic (exact) mass is 235 g/mol. The summed E-state index contributed by atoms with van der Waals surface area (Å²) < 4.78 is 0. The van der Waals surface area contributed by atoms with Gasteiger partial charge < -0.3 is 5.73 Å². The highest BCUT2D eigenvalue weighted by atomic mass is 32.2. The number of benzene rings is 1. The SMILES string of the molecule is Cc1ccc(C(N)C2CCCSCC2)cc1. The molecule has 0 aromatic heterocycles. The molecule has 0 bridgehead atoms. The van der Waals surface area contributed by atoms with Crippen LogP contribution in [-0.4, -0.2) is 11.5 Å². The zero-order valence-electron chi connectivity index (χ0n) is 9.99. The minimum Gasteiger partial charge on any atom is -0.324 e. The first-order valence-corrected chi connectivity index (χ1v) is 7.33. The Morgan fingerprint density at radius 3 is 2.69 bits per heavy atom. The minimum atomic E-state index is 0.235. The highest BCUT2D eigenvalue weighted by molar-refractivity contribution is 7.99. The van der Waals surface area contributed by atoms with Gasteiger partial charge in [-0.05, 0) is 49.2 Å². The summed E-state index contributed by atoms with van der Waals surface area (Å²) in [4.78, 5) is 0. The van der Waals surface area contributed by atoms with Crippen LogP contribution in [0.4, 0.5) is 0 Å². The average molecular weight is 235 g/mol. The molecule has 2 N–H and O–H groups in total. The minimum absolute atomic E-state index is 0.235. The van der Waals surface area contributed by atoms with E-state index in [-0.39, 0.29) is 6.04 Å².